The average Bonchev–Trinajstić information content (AvgIpc) is 3.07. The lowest BCUT2D eigenvalue weighted by Gasteiger charge is -2.31. The molecular weight excluding hydrogens is 416 g/mol. The molecule has 0 aromatic heterocycles. The third-order valence-corrected chi connectivity index (χ3v) is 6.04. The molecule has 4 nitrogen and oxygen atoms in total. The molecule has 2 aliphatic rings. The van der Waals surface area contributed by atoms with E-state index in [9.17, 15) is 4.79 Å². The lowest BCUT2D eigenvalue weighted by Crippen LogP contribution is -2.28. The summed E-state index contributed by atoms with van der Waals surface area (Å²) in [5.74, 6) is 1.20. The number of fused-ring (bicyclic) bond motifs is 3. The third-order valence-electron chi connectivity index (χ3n) is 5.51. The molecule has 0 saturated carbocycles. The summed E-state index contributed by atoms with van der Waals surface area (Å²) in [7, 11) is 1.70. The molecule has 0 N–H and O–H groups in total. The standard InChI is InChI=1S/C23H23BrN2O2/c1-14(12-15(2)27)26-23(16-4-7-18(24)8-5-16)21-10-6-17-13-19(28-3)9-11-20(17)22(21)25-26/h4-5,7-9,11-13,21,23H,6,10H2,1-3H3/b14-12+. The number of methoxy groups -OCH3 is 1. The molecule has 2 aromatic carbocycles. The van der Waals surface area contributed by atoms with Crippen LogP contribution in [0.5, 0.6) is 5.75 Å². The van der Waals surface area contributed by atoms with Gasteiger partial charge in [-0.25, -0.2) is 0 Å². The summed E-state index contributed by atoms with van der Waals surface area (Å²) in [4.78, 5) is 11.7. The number of ether oxygens (including phenoxy) is 1. The van der Waals surface area contributed by atoms with E-state index >= 15 is 0 Å². The highest BCUT2D eigenvalue weighted by Gasteiger charge is 2.42. The Balaban J connectivity index is 1.81. The second-order valence-corrected chi connectivity index (χ2v) is 8.31. The molecule has 2 aromatic rings. The van der Waals surface area contributed by atoms with Gasteiger partial charge in [0.25, 0.3) is 0 Å². The summed E-state index contributed by atoms with van der Waals surface area (Å²) in [6.45, 7) is 3.54. The highest BCUT2D eigenvalue weighted by Crippen LogP contribution is 2.45. The van der Waals surface area contributed by atoms with Crippen molar-refractivity contribution in [1.82, 2.24) is 5.01 Å². The number of hydrogen-bond donors (Lipinski definition) is 0. The Morgan fingerprint density at radius 1 is 1.21 bits per heavy atom. The first-order valence-corrected chi connectivity index (χ1v) is 10.3. The minimum absolute atomic E-state index is 0.0345. The van der Waals surface area contributed by atoms with Crippen molar-refractivity contribution in [1.29, 1.82) is 0 Å². The lowest BCUT2D eigenvalue weighted by atomic mass is 9.77. The molecule has 2 atom stereocenters. The van der Waals surface area contributed by atoms with Crippen LogP contribution in [0.4, 0.5) is 0 Å². The molecule has 144 valence electrons. The Morgan fingerprint density at radius 3 is 2.64 bits per heavy atom. The van der Waals surface area contributed by atoms with Crippen molar-refractivity contribution in [3.63, 3.8) is 0 Å². The Kier molecular flexibility index (Phi) is 5.11. The Morgan fingerprint density at radius 2 is 1.96 bits per heavy atom. The van der Waals surface area contributed by atoms with Gasteiger partial charge in [-0.1, -0.05) is 28.1 Å². The normalized spacial score (nSPS) is 21.1. The smallest absolute Gasteiger partial charge is 0.154 e. The van der Waals surface area contributed by atoms with Crippen molar-refractivity contribution < 1.29 is 9.53 Å². The number of allylic oxidation sites excluding steroid dienone is 2. The van der Waals surface area contributed by atoms with Crippen molar-refractivity contribution in [3.8, 4) is 5.75 Å². The average molecular weight is 439 g/mol. The predicted molar refractivity (Wildman–Crippen MR) is 115 cm³/mol. The van der Waals surface area contributed by atoms with Gasteiger partial charge in [-0.2, -0.15) is 5.10 Å². The zero-order chi connectivity index (χ0) is 19.8. The van der Waals surface area contributed by atoms with E-state index in [1.807, 2.05) is 18.0 Å². The van der Waals surface area contributed by atoms with Crippen molar-refractivity contribution in [2.45, 2.75) is 32.7 Å². The number of benzene rings is 2. The Bertz CT molecular complexity index is 979. The SMILES string of the molecule is COc1ccc2c(c1)CCC1C2=NN(/C(C)=C/C(C)=O)C1c1ccc(Br)cc1. The van der Waals surface area contributed by atoms with E-state index in [0.29, 0.717) is 0 Å². The monoisotopic (exact) mass is 438 g/mol. The van der Waals surface area contributed by atoms with Crippen LogP contribution in [0, 0.1) is 5.92 Å². The quantitative estimate of drug-likeness (QED) is 0.610. The summed E-state index contributed by atoms with van der Waals surface area (Å²) in [5.41, 5.74) is 5.65. The first kappa shape index (κ1) is 18.9. The zero-order valence-corrected chi connectivity index (χ0v) is 17.9. The van der Waals surface area contributed by atoms with E-state index in [4.69, 9.17) is 9.84 Å². The molecule has 0 amide bonds. The zero-order valence-electron chi connectivity index (χ0n) is 16.3. The largest absolute Gasteiger partial charge is 0.497 e. The van der Waals surface area contributed by atoms with E-state index in [1.165, 1.54) is 16.7 Å². The third kappa shape index (κ3) is 3.39. The van der Waals surface area contributed by atoms with Gasteiger partial charge in [-0.15, -0.1) is 0 Å². The molecule has 0 spiro atoms. The predicted octanol–water partition coefficient (Wildman–Crippen LogP) is 5.27. The van der Waals surface area contributed by atoms with Crippen molar-refractivity contribution >= 4 is 27.4 Å². The Labute approximate surface area is 174 Å². The number of carbonyl (C=O) groups excluding carboxylic acids is 1. The van der Waals surface area contributed by atoms with Gasteiger partial charge in [0.15, 0.2) is 5.78 Å². The van der Waals surface area contributed by atoms with Crippen LogP contribution in [0.25, 0.3) is 0 Å². The van der Waals surface area contributed by atoms with Gasteiger partial charge < -0.3 is 4.74 Å². The van der Waals surface area contributed by atoms with Gasteiger partial charge in [0.05, 0.1) is 18.9 Å². The summed E-state index contributed by atoms with van der Waals surface area (Å²) < 4.78 is 6.45. The van der Waals surface area contributed by atoms with Gasteiger partial charge in [-0.3, -0.25) is 9.80 Å². The van der Waals surface area contributed by atoms with Crippen LogP contribution in [-0.2, 0) is 11.2 Å². The first-order valence-electron chi connectivity index (χ1n) is 9.47. The van der Waals surface area contributed by atoms with E-state index in [2.05, 4.69) is 52.3 Å². The number of ketones is 1. The molecule has 0 radical (unpaired) electrons. The number of hydrazone groups is 1. The van der Waals surface area contributed by atoms with Gasteiger partial charge in [-0.05, 0) is 68.1 Å². The number of halogens is 1. The second kappa shape index (κ2) is 7.55. The maximum absolute atomic E-state index is 11.7. The topological polar surface area (TPSA) is 41.9 Å². The number of rotatable bonds is 4. The van der Waals surface area contributed by atoms with E-state index < -0.39 is 0 Å². The number of nitrogens with zero attached hydrogens (tertiary/aromatic N) is 2. The van der Waals surface area contributed by atoms with Crippen molar-refractivity contribution in [2.24, 2.45) is 11.0 Å². The van der Waals surface area contributed by atoms with E-state index in [1.54, 1.807) is 20.1 Å². The molecule has 5 heteroatoms. The summed E-state index contributed by atoms with van der Waals surface area (Å²) in [6.07, 6.45) is 3.68. The van der Waals surface area contributed by atoms with Crippen molar-refractivity contribution in [3.05, 3.63) is 75.4 Å². The maximum Gasteiger partial charge on any atom is 0.154 e. The molecule has 0 fully saturated rings. The summed E-state index contributed by atoms with van der Waals surface area (Å²) >= 11 is 3.52. The molecule has 1 aliphatic carbocycles. The van der Waals surface area contributed by atoms with Crippen LogP contribution in [0.3, 0.4) is 0 Å². The van der Waals surface area contributed by atoms with Crippen molar-refractivity contribution in [2.75, 3.05) is 7.11 Å². The summed E-state index contributed by atoms with van der Waals surface area (Å²) in [6, 6.07) is 14.7. The van der Waals surface area contributed by atoms with Crippen LogP contribution in [0.2, 0.25) is 0 Å². The molecule has 0 bridgehead atoms. The molecule has 28 heavy (non-hydrogen) atoms. The molecule has 0 saturated heterocycles. The highest BCUT2D eigenvalue weighted by atomic mass is 79.9. The molecule has 2 unspecified atom stereocenters. The van der Waals surface area contributed by atoms with Gasteiger partial charge in [0.1, 0.15) is 5.75 Å². The van der Waals surface area contributed by atoms with Gasteiger partial charge in [0, 0.05) is 27.7 Å². The summed E-state index contributed by atoms with van der Waals surface area (Å²) in [5, 5.41) is 7.05. The Hall–Kier alpha value is -2.40. The molecular formula is C23H23BrN2O2. The minimum atomic E-state index is 0.0345. The van der Waals surface area contributed by atoms with Crippen LogP contribution < -0.4 is 4.74 Å². The van der Waals surface area contributed by atoms with Crippen LogP contribution in [0.1, 0.15) is 43.0 Å². The van der Waals surface area contributed by atoms with E-state index in [-0.39, 0.29) is 17.7 Å². The molecule has 1 aliphatic heterocycles. The fraction of sp³-hybridized carbons (Fsp3) is 0.304. The molecule has 4 rings (SSSR count). The fourth-order valence-electron chi connectivity index (χ4n) is 4.28. The molecule has 1 heterocycles. The van der Waals surface area contributed by atoms with Gasteiger partial charge in [0.2, 0.25) is 0 Å². The highest BCUT2D eigenvalue weighted by molar-refractivity contribution is 9.10. The maximum atomic E-state index is 11.7. The number of hydrogen-bond acceptors (Lipinski definition) is 4. The van der Waals surface area contributed by atoms with Crippen LogP contribution in [-0.4, -0.2) is 23.6 Å². The number of carbonyl (C=O) groups is 1. The van der Waals surface area contributed by atoms with Crippen LogP contribution in [0.15, 0.2) is 63.8 Å². The van der Waals surface area contributed by atoms with E-state index in [0.717, 1.165) is 34.5 Å². The van der Waals surface area contributed by atoms with Gasteiger partial charge >= 0.3 is 0 Å². The first-order chi connectivity index (χ1) is 13.5. The van der Waals surface area contributed by atoms with Crippen LogP contribution >= 0.6 is 15.9 Å². The fourth-order valence-corrected chi connectivity index (χ4v) is 4.54. The minimum Gasteiger partial charge on any atom is -0.497 e. The second-order valence-electron chi connectivity index (χ2n) is 7.39. The number of aryl methyl sites for hydroxylation is 1. The lowest BCUT2D eigenvalue weighted by molar-refractivity contribution is -0.112.